The van der Waals surface area contributed by atoms with Crippen LogP contribution in [-0.4, -0.2) is 65.9 Å². The zero-order valence-corrected chi connectivity index (χ0v) is 16.4. The van der Waals surface area contributed by atoms with Crippen molar-refractivity contribution in [3.05, 3.63) is 18.0 Å². The van der Waals surface area contributed by atoms with Gasteiger partial charge in [-0.15, -0.1) is 0 Å². The Labute approximate surface area is 155 Å². The van der Waals surface area contributed by atoms with E-state index in [4.69, 9.17) is 0 Å². The van der Waals surface area contributed by atoms with Gasteiger partial charge in [-0.25, -0.2) is 18.4 Å². The van der Waals surface area contributed by atoms with Crippen molar-refractivity contribution in [2.45, 2.75) is 58.0 Å². The van der Waals surface area contributed by atoms with E-state index in [1.54, 1.807) is 17.2 Å². The number of aromatic nitrogens is 2. The first kappa shape index (κ1) is 19.1. The molecule has 0 radical (unpaired) electrons. The fraction of sp³-hybridized carbons (Fsp3) is 0.722. The molecular weight excluding hydrogens is 352 g/mol. The SMILES string of the molecule is CCC1CCCCN1c1nccc(C(=O)N(CC)C2CCS(=O)(=O)C2)n1. The fourth-order valence-corrected chi connectivity index (χ4v) is 5.76. The van der Waals surface area contributed by atoms with Crippen LogP contribution in [0.5, 0.6) is 0 Å². The standard InChI is InChI=1S/C18H28N4O3S/c1-3-14-7-5-6-11-22(14)18-19-10-8-16(20-18)17(23)21(4-2)15-9-12-26(24,25)13-15/h8,10,14-15H,3-7,9,11-13H2,1-2H3. The number of anilines is 1. The molecule has 0 aromatic carbocycles. The van der Waals surface area contributed by atoms with Gasteiger partial charge in [-0.05, 0) is 45.1 Å². The Hall–Kier alpha value is -1.70. The highest BCUT2D eigenvalue weighted by molar-refractivity contribution is 7.91. The summed E-state index contributed by atoms with van der Waals surface area (Å²) >= 11 is 0. The molecule has 0 saturated carbocycles. The summed E-state index contributed by atoms with van der Waals surface area (Å²) in [6, 6.07) is 1.79. The van der Waals surface area contributed by atoms with Crippen LogP contribution in [0.3, 0.4) is 0 Å². The highest BCUT2D eigenvalue weighted by Gasteiger charge is 2.35. The van der Waals surface area contributed by atoms with Gasteiger partial charge in [-0.3, -0.25) is 4.79 Å². The van der Waals surface area contributed by atoms with Crippen LogP contribution in [0.25, 0.3) is 0 Å². The third kappa shape index (κ3) is 4.00. The van der Waals surface area contributed by atoms with Crippen LogP contribution < -0.4 is 4.90 Å². The van der Waals surface area contributed by atoms with Crippen molar-refractivity contribution in [1.82, 2.24) is 14.9 Å². The van der Waals surface area contributed by atoms with E-state index in [1.165, 1.54) is 6.42 Å². The molecule has 2 saturated heterocycles. The second-order valence-electron chi connectivity index (χ2n) is 7.14. The van der Waals surface area contributed by atoms with Gasteiger partial charge in [0.05, 0.1) is 11.5 Å². The number of piperidine rings is 1. The average molecular weight is 381 g/mol. The van der Waals surface area contributed by atoms with Crippen molar-refractivity contribution in [1.29, 1.82) is 0 Å². The number of hydrogen-bond donors (Lipinski definition) is 0. The second-order valence-corrected chi connectivity index (χ2v) is 9.37. The molecule has 3 heterocycles. The number of carbonyl (C=O) groups is 1. The van der Waals surface area contributed by atoms with Crippen LogP contribution in [0.1, 0.15) is 56.4 Å². The number of nitrogens with zero attached hydrogens (tertiary/aromatic N) is 4. The molecule has 8 heteroatoms. The summed E-state index contributed by atoms with van der Waals surface area (Å²) in [4.78, 5) is 25.8. The van der Waals surface area contributed by atoms with E-state index in [0.717, 1.165) is 25.8 Å². The lowest BCUT2D eigenvalue weighted by atomic mass is 10.0. The molecule has 7 nitrogen and oxygen atoms in total. The lowest BCUT2D eigenvalue weighted by molar-refractivity contribution is 0.0702. The van der Waals surface area contributed by atoms with E-state index in [0.29, 0.717) is 30.6 Å². The lowest BCUT2D eigenvalue weighted by Crippen LogP contribution is -2.42. The van der Waals surface area contributed by atoms with Crippen LogP contribution in [0.4, 0.5) is 5.95 Å². The van der Waals surface area contributed by atoms with Crippen LogP contribution in [0.2, 0.25) is 0 Å². The van der Waals surface area contributed by atoms with Crippen molar-refractivity contribution in [3.8, 4) is 0 Å². The summed E-state index contributed by atoms with van der Waals surface area (Å²) in [5, 5.41) is 0. The summed E-state index contributed by atoms with van der Waals surface area (Å²) in [6.45, 7) is 5.42. The van der Waals surface area contributed by atoms with Crippen LogP contribution in [0, 0.1) is 0 Å². The molecule has 1 aromatic heterocycles. The van der Waals surface area contributed by atoms with Crippen molar-refractivity contribution < 1.29 is 13.2 Å². The smallest absolute Gasteiger partial charge is 0.272 e. The van der Waals surface area contributed by atoms with Crippen LogP contribution in [0.15, 0.2) is 12.3 Å². The first-order chi connectivity index (χ1) is 12.4. The van der Waals surface area contributed by atoms with Gasteiger partial charge in [0, 0.05) is 31.4 Å². The average Bonchev–Trinajstić information content (AvgIpc) is 3.01. The first-order valence-corrected chi connectivity index (χ1v) is 11.4. The maximum Gasteiger partial charge on any atom is 0.272 e. The van der Waals surface area contributed by atoms with Crippen molar-refractivity contribution in [2.24, 2.45) is 0 Å². The molecule has 144 valence electrons. The van der Waals surface area contributed by atoms with Gasteiger partial charge in [0.2, 0.25) is 5.95 Å². The molecule has 2 unspecified atom stereocenters. The van der Waals surface area contributed by atoms with E-state index in [9.17, 15) is 13.2 Å². The number of rotatable bonds is 5. The quantitative estimate of drug-likeness (QED) is 0.776. The molecule has 2 aliphatic rings. The molecule has 2 atom stereocenters. The highest BCUT2D eigenvalue weighted by Crippen LogP contribution is 2.24. The van der Waals surface area contributed by atoms with Crippen molar-refractivity contribution >= 4 is 21.7 Å². The normalized spacial score (nSPS) is 25.2. The van der Waals surface area contributed by atoms with Crippen LogP contribution in [-0.2, 0) is 9.84 Å². The molecule has 0 aliphatic carbocycles. The second kappa shape index (κ2) is 7.90. The monoisotopic (exact) mass is 380 g/mol. The molecule has 2 aliphatic heterocycles. The molecule has 1 amide bonds. The lowest BCUT2D eigenvalue weighted by Gasteiger charge is -2.35. The van der Waals surface area contributed by atoms with Gasteiger partial charge in [0.1, 0.15) is 5.69 Å². The Morgan fingerprint density at radius 1 is 1.31 bits per heavy atom. The van der Waals surface area contributed by atoms with Crippen LogP contribution >= 0.6 is 0 Å². The zero-order valence-electron chi connectivity index (χ0n) is 15.6. The maximum atomic E-state index is 13.0. The molecule has 1 aromatic rings. The van der Waals surface area contributed by atoms with Gasteiger partial charge in [-0.1, -0.05) is 6.92 Å². The number of carbonyl (C=O) groups excluding carboxylic acids is 1. The van der Waals surface area contributed by atoms with Crippen molar-refractivity contribution in [3.63, 3.8) is 0 Å². The predicted octanol–water partition coefficient (Wildman–Crippen LogP) is 1.89. The Bertz CT molecular complexity index is 753. The highest BCUT2D eigenvalue weighted by atomic mass is 32.2. The van der Waals surface area contributed by atoms with Gasteiger partial charge >= 0.3 is 0 Å². The largest absolute Gasteiger partial charge is 0.338 e. The maximum absolute atomic E-state index is 13.0. The summed E-state index contributed by atoms with van der Waals surface area (Å²) in [7, 11) is -3.04. The van der Waals surface area contributed by atoms with Gasteiger partial charge in [0.25, 0.3) is 5.91 Å². The fourth-order valence-electron chi connectivity index (χ4n) is 4.03. The molecular formula is C18H28N4O3S. The van der Waals surface area contributed by atoms with E-state index in [1.807, 2.05) is 6.92 Å². The molecule has 0 bridgehead atoms. The van der Waals surface area contributed by atoms with E-state index in [2.05, 4.69) is 21.8 Å². The summed E-state index contributed by atoms with van der Waals surface area (Å²) in [6.07, 6.45) is 6.62. The topological polar surface area (TPSA) is 83.5 Å². The van der Waals surface area contributed by atoms with Gasteiger partial charge in [-0.2, -0.15) is 0 Å². The minimum atomic E-state index is -3.04. The first-order valence-electron chi connectivity index (χ1n) is 9.56. The Morgan fingerprint density at radius 2 is 2.12 bits per heavy atom. The van der Waals surface area contributed by atoms with E-state index >= 15 is 0 Å². The minimum Gasteiger partial charge on any atom is -0.338 e. The Kier molecular flexibility index (Phi) is 5.79. The minimum absolute atomic E-state index is 0.0502. The summed E-state index contributed by atoms with van der Waals surface area (Å²) < 4.78 is 23.6. The summed E-state index contributed by atoms with van der Waals surface area (Å²) in [5.41, 5.74) is 0.349. The van der Waals surface area contributed by atoms with E-state index < -0.39 is 9.84 Å². The Morgan fingerprint density at radius 3 is 2.77 bits per heavy atom. The van der Waals surface area contributed by atoms with Gasteiger partial charge in [0.15, 0.2) is 9.84 Å². The number of amides is 1. The predicted molar refractivity (Wildman–Crippen MR) is 101 cm³/mol. The summed E-state index contributed by atoms with van der Waals surface area (Å²) in [5.74, 6) is 0.609. The third-order valence-corrected chi connectivity index (χ3v) is 7.22. The number of sulfone groups is 1. The molecule has 2 fully saturated rings. The molecule has 0 spiro atoms. The van der Waals surface area contributed by atoms with Crippen molar-refractivity contribution in [2.75, 3.05) is 29.5 Å². The number of hydrogen-bond acceptors (Lipinski definition) is 6. The zero-order chi connectivity index (χ0) is 18.7. The molecule has 26 heavy (non-hydrogen) atoms. The molecule has 3 rings (SSSR count). The molecule has 0 N–H and O–H groups in total. The van der Waals surface area contributed by atoms with E-state index in [-0.39, 0.29) is 23.5 Å². The Balaban J connectivity index is 1.81. The van der Waals surface area contributed by atoms with Gasteiger partial charge < -0.3 is 9.80 Å². The third-order valence-electron chi connectivity index (χ3n) is 5.47.